The zero-order chi connectivity index (χ0) is 22.1. The second-order valence-corrected chi connectivity index (χ2v) is 7.61. The van der Waals surface area contributed by atoms with Gasteiger partial charge in [-0.05, 0) is 42.3 Å². The normalized spacial score (nSPS) is 12.4. The third kappa shape index (κ3) is 3.90. The van der Waals surface area contributed by atoms with E-state index in [1.54, 1.807) is 6.20 Å². The molecule has 0 atom stereocenters. The van der Waals surface area contributed by atoms with Gasteiger partial charge >= 0.3 is 0 Å². The Morgan fingerprint density at radius 2 is 1.97 bits per heavy atom. The first-order valence-electron chi connectivity index (χ1n) is 10.3. The van der Waals surface area contributed by atoms with E-state index in [1.165, 1.54) is 6.92 Å². The summed E-state index contributed by atoms with van der Waals surface area (Å²) in [4.78, 5) is 24.9. The summed E-state index contributed by atoms with van der Waals surface area (Å²) in [6.07, 6.45) is 3.63. The molecule has 1 amide bonds. The molecule has 32 heavy (non-hydrogen) atoms. The third-order valence-corrected chi connectivity index (χ3v) is 5.28. The predicted molar refractivity (Wildman–Crippen MR) is 126 cm³/mol. The summed E-state index contributed by atoms with van der Waals surface area (Å²) >= 11 is 0. The van der Waals surface area contributed by atoms with Crippen LogP contribution >= 0.6 is 0 Å². The van der Waals surface area contributed by atoms with Crippen LogP contribution in [-0.2, 0) is 4.79 Å². The molecule has 0 unspecified atom stereocenters. The molecule has 1 aliphatic rings. The first-order valence-corrected chi connectivity index (χ1v) is 10.3. The Labute approximate surface area is 185 Å². The molecule has 3 heterocycles. The highest BCUT2D eigenvalue weighted by molar-refractivity contribution is 5.89. The smallest absolute Gasteiger partial charge is 0.237 e. The Kier molecular flexibility index (Phi) is 5.03. The Morgan fingerprint density at radius 1 is 1.09 bits per heavy atom. The average molecular weight is 426 g/mol. The molecule has 4 aromatic rings. The fourth-order valence-electron chi connectivity index (χ4n) is 3.77. The van der Waals surface area contributed by atoms with Crippen LogP contribution in [0.2, 0.25) is 0 Å². The number of carbonyl (C=O) groups excluding carboxylic acids is 1. The Hall–Kier alpha value is -4.20. The van der Waals surface area contributed by atoms with Gasteiger partial charge in [0.2, 0.25) is 17.7 Å². The number of fused-ring (bicyclic) bond motifs is 2. The number of nitrogens with zero attached hydrogens (tertiary/aromatic N) is 3. The maximum Gasteiger partial charge on any atom is 0.237 e. The van der Waals surface area contributed by atoms with Gasteiger partial charge in [-0.1, -0.05) is 18.2 Å². The van der Waals surface area contributed by atoms with Crippen LogP contribution in [0.25, 0.3) is 22.0 Å². The minimum atomic E-state index is -0.120. The van der Waals surface area contributed by atoms with E-state index in [2.05, 4.69) is 38.9 Å². The molecule has 1 aliphatic heterocycles. The number of hydrogen-bond donors (Lipinski definition) is 3. The zero-order valence-electron chi connectivity index (χ0n) is 17.8. The van der Waals surface area contributed by atoms with Gasteiger partial charge < -0.3 is 20.7 Å². The topological polar surface area (TPSA) is 101 Å². The van der Waals surface area contributed by atoms with Gasteiger partial charge in [0.1, 0.15) is 12.3 Å². The van der Waals surface area contributed by atoms with E-state index in [4.69, 9.17) is 9.72 Å². The van der Waals surface area contributed by atoms with Gasteiger partial charge in [0.05, 0.1) is 5.52 Å². The SMILES string of the molecule is CC(=O)Nc1cccc(Nc2ncc3ccc(-c4cnc5c(c4C)NCCO5)cc3n2)c1. The number of hydrogen-bond acceptors (Lipinski definition) is 7. The number of amides is 1. The average Bonchev–Trinajstić information content (AvgIpc) is 2.79. The van der Waals surface area contributed by atoms with Crippen LogP contribution in [0.5, 0.6) is 5.88 Å². The van der Waals surface area contributed by atoms with Crippen molar-refractivity contribution >= 4 is 39.8 Å². The van der Waals surface area contributed by atoms with Crippen molar-refractivity contribution in [3.8, 4) is 17.0 Å². The van der Waals surface area contributed by atoms with Gasteiger partial charge in [-0.15, -0.1) is 0 Å². The number of aromatic nitrogens is 3. The quantitative estimate of drug-likeness (QED) is 0.441. The first-order chi connectivity index (χ1) is 15.6. The maximum absolute atomic E-state index is 11.3. The highest BCUT2D eigenvalue weighted by atomic mass is 16.5. The van der Waals surface area contributed by atoms with E-state index in [1.807, 2.05) is 42.6 Å². The van der Waals surface area contributed by atoms with E-state index in [0.717, 1.165) is 45.5 Å². The number of anilines is 4. The van der Waals surface area contributed by atoms with Gasteiger partial charge in [0, 0.05) is 48.2 Å². The maximum atomic E-state index is 11.3. The summed E-state index contributed by atoms with van der Waals surface area (Å²) in [5.41, 5.74) is 6.40. The molecule has 0 radical (unpaired) electrons. The van der Waals surface area contributed by atoms with E-state index in [-0.39, 0.29) is 5.91 Å². The molecule has 0 fully saturated rings. The second kappa shape index (κ2) is 8.14. The summed E-state index contributed by atoms with van der Waals surface area (Å²) < 4.78 is 5.64. The monoisotopic (exact) mass is 426 g/mol. The van der Waals surface area contributed by atoms with Crippen molar-refractivity contribution in [1.29, 1.82) is 0 Å². The van der Waals surface area contributed by atoms with Gasteiger partial charge in [0.25, 0.3) is 0 Å². The highest BCUT2D eigenvalue weighted by Gasteiger charge is 2.17. The van der Waals surface area contributed by atoms with Crippen molar-refractivity contribution in [2.24, 2.45) is 0 Å². The Balaban J connectivity index is 1.47. The molecule has 0 aliphatic carbocycles. The lowest BCUT2D eigenvalue weighted by Crippen LogP contribution is -2.20. The minimum absolute atomic E-state index is 0.120. The molecular weight excluding hydrogens is 404 g/mol. The molecule has 2 aromatic carbocycles. The summed E-state index contributed by atoms with van der Waals surface area (Å²) in [5, 5.41) is 10.3. The van der Waals surface area contributed by atoms with Crippen LogP contribution in [0.4, 0.5) is 23.0 Å². The van der Waals surface area contributed by atoms with Gasteiger partial charge in [0.15, 0.2) is 0 Å². The van der Waals surface area contributed by atoms with Crippen molar-refractivity contribution in [2.75, 3.05) is 29.1 Å². The molecule has 3 N–H and O–H groups in total. The van der Waals surface area contributed by atoms with E-state index < -0.39 is 0 Å². The summed E-state index contributed by atoms with van der Waals surface area (Å²) in [6.45, 7) is 4.93. The van der Waals surface area contributed by atoms with Crippen molar-refractivity contribution in [3.63, 3.8) is 0 Å². The van der Waals surface area contributed by atoms with Crippen LogP contribution in [0.3, 0.4) is 0 Å². The number of benzene rings is 2. The summed E-state index contributed by atoms with van der Waals surface area (Å²) in [5.74, 6) is 1.00. The third-order valence-electron chi connectivity index (χ3n) is 5.28. The standard InChI is InChI=1S/C24H22N6O2/c1-14-20(13-26-23-22(14)25-8-9-32-23)16-6-7-17-12-27-24(30-21(17)10-16)29-19-5-3-4-18(11-19)28-15(2)31/h3-7,10-13,25H,8-9H2,1-2H3,(H,28,31)(H,27,29,30). The van der Waals surface area contributed by atoms with Crippen molar-refractivity contribution < 1.29 is 9.53 Å². The molecule has 0 bridgehead atoms. The fourth-order valence-corrected chi connectivity index (χ4v) is 3.77. The van der Waals surface area contributed by atoms with Crippen LogP contribution in [-0.4, -0.2) is 34.0 Å². The van der Waals surface area contributed by atoms with Crippen LogP contribution < -0.4 is 20.7 Å². The molecule has 5 rings (SSSR count). The Bertz CT molecular complexity index is 1340. The number of carbonyl (C=O) groups is 1. The van der Waals surface area contributed by atoms with Crippen molar-refractivity contribution in [1.82, 2.24) is 15.0 Å². The number of ether oxygens (including phenoxy) is 1. The van der Waals surface area contributed by atoms with E-state index in [0.29, 0.717) is 24.1 Å². The molecule has 0 saturated carbocycles. The second-order valence-electron chi connectivity index (χ2n) is 7.61. The molecule has 8 heteroatoms. The van der Waals surface area contributed by atoms with Gasteiger partial charge in [-0.2, -0.15) is 0 Å². The molecule has 8 nitrogen and oxygen atoms in total. The molecule has 0 saturated heterocycles. The molecule has 2 aromatic heterocycles. The number of nitrogens with one attached hydrogen (secondary N) is 3. The molecular formula is C24H22N6O2. The minimum Gasteiger partial charge on any atom is -0.474 e. The highest BCUT2D eigenvalue weighted by Crippen LogP contribution is 2.36. The lowest BCUT2D eigenvalue weighted by atomic mass is 10.00. The summed E-state index contributed by atoms with van der Waals surface area (Å²) in [7, 11) is 0. The van der Waals surface area contributed by atoms with E-state index >= 15 is 0 Å². The van der Waals surface area contributed by atoms with Crippen LogP contribution in [0, 0.1) is 6.92 Å². The number of pyridine rings is 1. The summed E-state index contributed by atoms with van der Waals surface area (Å²) in [6, 6.07) is 13.5. The van der Waals surface area contributed by atoms with Gasteiger partial charge in [-0.3, -0.25) is 4.79 Å². The van der Waals surface area contributed by atoms with Crippen LogP contribution in [0.1, 0.15) is 12.5 Å². The lowest BCUT2D eigenvalue weighted by Gasteiger charge is -2.21. The van der Waals surface area contributed by atoms with Crippen molar-refractivity contribution in [3.05, 3.63) is 60.4 Å². The van der Waals surface area contributed by atoms with E-state index in [9.17, 15) is 4.79 Å². The zero-order valence-corrected chi connectivity index (χ0v) is 17.8. The lowest BCUT2D eigenvalue weighted by molar-refractivity contribution is -0.114. The van der Waals surface area contributed by atoms with Crippen LogP contribution in [0.15, 0.2) is 54.9 Å². The molecule has 160 valence electrons. The first kappa shape index (κ1) is 19.7. The number of rotatable bonds is 4. The van der Waals surface area contributed by atoms with Gasteiger partial charge in [-0.25, -0.2) is 15.0 Å². The largest absolute Gasteiger partial charge is 0.474 e. The van der Waals surface area contributed by atoms with Crippen molar-refractivity contribution in [2.45, 2.75) is 13.8 Å². The predicted octanol–water partition coefficient (Wildman–Crippen LogP) is 4.51. The fraction of sp³-hybridized carbons (Fsp3) is 0.167. The molecule has 0 spiro atoms. The Morgan fingerprint density at radius 3 is 2.84 bits per heavy atom.